The lowest BCUT2D eigenvalue weighted by Gasteiger charge is -2.17. The number of anilines is 1. The quantitative estimate of drug-likeness (QED) is 0.595. The molecule has 1 atom stereocenters. The van der Waals surface area contributed by atoms with E-state index in [2.05, 4.69) is 25.6 Å². The molecule has 0 spiro atoms. The minimum Gasteiger partial charge on any atom is -0.481 e. The molecule has 2 N–H and O–H groups in total. The largest absolute Gasteiger partial charge is 0.481 e. The lowest BCUT2D eigenvalue weighted by molar-refractivity contribution is -0.141. The molecule has 2 aromatic rings. The maximum atomic E-state index is 13.2. The minimum atomic E-state index is -4.69. The molecule has 0 aromatic carbocycles. The Labute approximate surface area is 181 Å². The van der Waals surface area contributed by atoms with Gasteiger partial charge in [-0.2, -0.15) is 13.2 Å². The van der Waals surface area contributed by atoms with Crippen molar-refractivity contribution in [3.63, 3.8) is 0 Å². The molecule has 31 heavy (non-hydrogen) atoms. The number of aromatic nitrogens is 3. The van der Waals surface area contributed by atoms with Crippen LogP contribution in [-0.2, 0) is 12.7 Å². The van der Waals surface area contributed by atoms with E-state index < -0.39 is 17.8 Å². The van der Waals surface area contributed by atoms with Crippen LogP contribution in [0.4, 0.5) is 19.0 Å². The fraction of sp³-hybridized carbons (Fsp3) is 0.400. The maximum Gasteiger partial charge on any atom is 0.434 e. The second-order valence-electron chi connectivity index (χ2n) is 6.88. The summed E-state index contributed by atoms with van der Waals surface area (Å²) < 4.78 is 44.7. The number of nitrogens with one attached hydrogen (secondary N) is 2. The van der Waals surface area contributed by atoms with E-state index >= 15 is 0 Å². The highest BCUT2D eigenvalue weighted by Gasteiger charge is 2.35. The highest BCUT2D eigenvalue weighted by molar-refractivity contribution is 8.01. The number of ether oxygens (including phenoxy) is 1. The third kappa shape index (κ3) is 6.09. The highest BCUT2D eigenvalue weighted by atomic mass is 32.2. The van der Waals surface area contributed by atoms with E-state index in [0.29, 0.717) is 23.6 Å². The predicted molar refractivity (Wildman–Crippen MR) is 112 cm³/mol. The number of pyridine rings is 1. The van der Waals surface area contributed by atoms with Crippen LogP contribution >= 0.6 is 11.8 Å². The fourth-order valence-corrected chi connectivity index (χ4v) is 3.22. The van der Waals surface area contributed by atoms with Crippen LogP contribution in [0.2, 0.25) is 0 Å². The summed E-state index contributed by atoms with van der Waals surface area (Å²) in [6, 6.07) is 3.16. The van der Waals surface area contributed by atoms with Crippen molar-refractivity contribution >= 4 is 23.5 Å². The zero-order valence-corrected chi connectivity index (χ0v) is 17.8. The van der Waals surface area contributed by atoms with E-state index in [1.54, 1.807) is 12.1 Å². The van der Waals surface area contributed by atoms with Crippen molar-refractivity contribution in [3.8, 4) is 5.88 Å². The summed E-state index contributed by atoms with van der Waals surface area (Å²) in [7, 11) is 1.44. The molecule has 1 aliphatic carbocycles. The molecule has 7 nitrogen and oxygen atoms in total. The third-order valence-electron chi connectivity index (χ3n) is 4.62. The van der Waals surface area contributed by atoms with Crippen molar-refractivity contribution in [2.75, 3.05) is 18.7 Å². The number of carbonyl (C=O) groups excluding carboxylic acids is 1. The molecule has 0 radical (unpaired) electrons. The SMILES string of the molecule is COc1ncccc1CNc1nc(C(F)(F)F)cnc1C(=O)NC(/C=C/SC)C1CC1. The summed E-state index contributed by atoms with van der Waals surface area (Å²) in [5.74, 6) is -0.228. The number of nitrogens with zero attached hydrogens (tertiary/aromatic N) is 3. The third-order valence-corrected chi connectivity index (χ3v) is 5.05. The minimum absolute atomic E-state index is 0.0473. The molecule has 2 aromatic heterocycles. The van der Waals surface area contributed by atoms with Crippen LogP contribution in [0.3, 0.4) is 0 Å². The van der Waals surface area contributed by atoms with Gasteiger partial charge in [0.05, 0.1) is 19.3 Å². The molecule has 1 amide bonds. The van der Waals surface area contributed by atoms with Crippen LogP contribution in [0.5, 0.6) is 5.88 Å². The first-order valence-corrected chi connectivity index (χ1v) is 10.8. The van der Waals surface area contributed by atoms with E-state index in [1.165, 1.54) is 25.1 Å². The molecule has 11 heteroatoms. The van der Waals surface area contributed by atoms with E-state index in [9.17, 15) is 18.0 Å². The molecule has 1 fully saturated rings. The molecule has 1 saturated carbocycles. The van der Waals surface area contributed by atoms with Gasteiger partial charge in [-0.1, -0.05) is 12.1 Å². The average Bonchev–Trinajstić information content (AvgIpc) is 3.59. The lowest BCUT2D eigenvalue weighted by atomic mass is 10.2. The van der Waals surface area contributed by atoms with E-state index in [4.69, 9.17) is 4.74 Å². The lowest BCUT2D eigenvalue weighted by Crippen LogP contribution is -2.36. The molecule has 1 unspecified atom stereocenters. The summed E-state index contributed by atoms with van der Waals surface area (Å²) in [6.07, 6.45) is 3.15. The topological polar surface area (TPSA) is 89.0 Å². The van der Waals surface area contributed by atoms with Gasteiger partial charge in [-0.15, -0.1) is 11.8 Å². The zero-order chi connectivity index (χ0) is 22.4. The van der Waals surface area contributed by atoms with Gasteiger partial charge in [0.1, 0.15) is 0 Å². The Balaban J connectivity index is 1.86. The van der Waals surface area contributed by atoms with Crippen molar-refractivity contribution in [2.45, 2.75) is 31.6 Å². The second-order valence-corrected chi connectivity index (χ2v) is 7.62. The number of thioether (sulfide) groups is 1. The van der Waals surface area contributed by atoms with Gasteiger partial charge in [0.25, 0.3) is 5.91 Å². The van der Waals surface area contributed by atoms with Gasteiger partial charge in [-0.25, -0.2) is 15.0 Å². The van der Waals surface area contributed by atoms with Crippen LogP contribution in [0, 0.1) is 5.92 Å². The summed E-state index contributed by atoms with van der Waals surface area (Å²) in [5, 5.41) is 7.50. The Bertz CT molecular complexity index is 951. The van der Waals surface area contributed by atoms with Gasteiger partial charge in [0.2, 0.25) is 5.88 Å². The number of alkyl halides is 3. The van der Waals surface area contributed by atoms with Crippen LogP contribution in [0.25, 0.3) is 0 Å². The molecule has 0 saturated heterocycles. The van der Waals surface area contributed by atoms with Crippen molar-refractivity contribution in [1.82, 2.24) is 20.3 Å². The Kier molecular flexibility index (Phi) is 7.37. The predicted octanol–water partition coefficient (Wildman–Crippen LogP) is 3.90. The van der Waals surface area contributed by atoms with Gasteiger partial charge in [-0.3, -0.25) is 4.79 Å². The van der Waals surface area contributed by atoms with Crippen LogP contribution < -0.4 is 15.4 Å². The van der Waals surface area contributed by atoms with Crippen LogP contribution in [-0.4, -0.2) is 40.3 Å². The van der Waals surface area contributed by atoms with Crippen molar-refractivity contribution in [2.24, 2.45) is 5.92 Å². The molecule has 0 bridgehead atoms. The van der Waals surface area contributed by atoms with Gasteiger partial charge < -0.3 is 15.4 Å². The monoisotopic (exact) mass is 453 g/mol. The van der Waals surface area contributed by atoms with E-state index in [-0.39, 0.29) is 24.1 Å². The van der Waals surface area contributed by atoms with Gasteiger partial charge in [0, 0.05) is 18.3 Å². The zero-order valence-electron chi connectivity index (χ0n) is 16.9. The number of rotatable bonds is 9. The normalized spacial score (nSPS) is 15.0. The highest BCUT2D eigenvalue weighted by Crippen LogP contribution is 2.34. The summed E-state index contributed by atoms with van der Waals surface area (Å²) in [6.45, 7) is 0.0473. The molecule has 2 heterocycles. The summed E-state index contributed by atoms with van der Waals surface area (Å²) in [4.78, 5) is 24.3. The molecule has 1 aliphatic rings. The first-order chi connectivity index (χ1) is 14.8. The van der Waals surface area contributed by atoms with Crippen LogP contribution in [0.1, 0.15) is 34.6 Å². The summed E-state index contributed by atoms with van der Waals surface area (Å²) in [5.41, 5.74) is -0.806. The number of hydrogen-bond acceptors (Lipinski definition) is 7. The fourth-order valence-electron chi connectivity index (χ4n) is 2.90. The number of amides is 1. The average molecular weight is 453 g/mol. The first kappa shape index (κ1) is 22.9. The smallest absolute Gasteiger partial charge is 0.434 e. The van der Waals surface area contributed by atoms with Gasteiger partial charge in [0.15, 0.2) is 17.2 Å². The second kappa shape index (κ2) is 9.99. The molecule has 166 valence electrons. The van der Waals surface area contributed by atoms with E-state index in [0.717, 1.165) is 12.8 Å². The molecule has 3 rings (SSSR count). The van der Waals surface area contributed by atoms with Gasteiger partial charge in [-0.05, 0) is 36.5 Å². The van der Waals surface area contributed by atoms with Crippen molar-refractivity contribution < 1.29 is 22.7 Å². The molecular formula is C20H22F3N5O2S. The number of hydrogen-bond donors (Lipinski definition) is 2. The van der Waals surface area contributed by atoms with Crippen LogP contribution in [0.15, 0.2) is 36.0 Å². The number of methoxy groups -OCH3 is 1. The van der Waals surface area contributed by atoms with Gasteiger partial charge >= 0.3 is 6.18 Å². The Morgan fingerprint density at radius 3 is 2.81 bits per heavy atom. The number of halogens is 3. The molecule has 0 aliphatic heterocycles. The van der Waals surface area contributed by atoms with E-state index in [1.807, 2.05) is 17.7 Å². The van der Waals surface area contributed by atoms with Crippen molar-refractivity contribution in [3.05, 3.63) is 53.0 Å². The first-order valence-electron chi connectivity index (χ1n) is 9.49. The van der Waals surface area contributed by atoms with Crippen molar-refractivity contribution in [1.29, 1.82) is 0 Å². The number of carbonyl (C=O) groups is 1. The standard InChI is InChI=1S/C20H22F3N5O2S/c1-30-19-13(4-3-8-24-19)10-26-17-16(25-11-15(28-17)20(21,22)23)18(29)27-14(7-9-31-2)12-5-6-12/h3-4,7-9,11-12,14H,5-6,10H2,1-2H3,(H,26,28)(H,27,29)/b9-7+. The molecular weight excluding hydrogens is 431 g/mol. The Morgan fingerprint density at radius 2 is 2.16 bits per heavy atom. The summed E-state index contributed by atoms with van der Waals surface area (Å²) >= 11 is 1.50. The Morgan fingerprint density at radius 1 is 1.39 bits per heavy atom. The Hall–Kier alpha value is -2.82. The maximum absolute atomic E-state index is 13.2.